The number of nitrogens with one attached hydrogen (secondary N) is 2. The summed E-state index contributed by atoms with van der Waals surface area (Å²) >= 11 is 0. The maximum Gasteiger partial charge on any atom is 0.141 e. The molecule has 0 saturated heterocycles. The molecule has 5 N–H and O–H groups in total. The molecule has 1 aromatic heterocycles. The summed E-state index contributed by atoms with van der Waals surface area (Å²) < 4.78 is 13.7. The van der Waals surface area contributed by atoms with Crippen molar-refractivity contribution >= 4 is 17.3 Å². The minimum atomic E-state index is -0.633. The van der Waals surface area contributed by atoms with Crippen LogP contribution in [0.2, 0.25) is 0 Å². The van der Waals surface area contributed by atoms with Gasteiger partial charge in [-0.3, -0.25) is 5.41 Å². The van der Waals surface area contributed by atoms with E-state index in [4.69, 9.17) is 11.1 Å². The van der Waals surface area contributed by atoms with Crippen LogP contribution < -0.4 is 11.1 Å². The first kappa shape index (κ1) is 18.9. The standard InChI is InChI=1S/C22H22FN5O/c1-12-5-6-13-3-2-4-18(17(13)7-12)28-22-19(21(25)26-11-27-22)20(24)14-8-15(23)10-16(29)9-14/h5-11,18,24,29H,2-4H2,1H3,(H3,25,26,27,28). The number of phenols is 1. The third-order valence-electron chi connectivity index (χ3n) is 5.22. The highest BCUT2D eigenvalue weighted by Gasteiger charge is 2.24. The maximum atomic E-state index is 13.7. The van der Waals surface area contributed by atoms with Gasteiger partial charge in [-0.2, -0.15) is 0 Å². The first-order valence-corrected chi connectivity index (χ1v) is 9.47. The van der Waals surface area contributed by atoms with Crippen molar-refractivity contribution in [2.75, 3.05) is 11.1 Å². The summed E-state index contributed by atoms with van der Waals surface area (Å²) in [6.45, 7) is 2.06. The number of rotatable bonds is 4. The van der Waals surface area contributed by atoms with Gasteiger partial charge in [0.1, 0.15) is 29.5 Å². The largest absolute Gasteiger partial charge is 0.508 e. The van der Waals surface area contributed by atoms with Crippen LogP contribution in [0.15, 0.2) is 42.7 Å². The number of nitrogens with two attached hydrogens (primary N) is 1. The second-order valence-corrected chi connectivity index (χ2v) is 7.35. The molecule has 1 aliphatic carbocycles. The Morgan fingerprint density at radius 3 is 2.86 bits per heavy atom. The smallest absolute Gasteiger partial charge is 0.141 e. The number of phenolic OH excluding ortho intramolecular Hbond substituents is 1. The second-order valence-electron chi connectivity index (χ2n) is 7.35. The quantitative estimate of drug-likeness (QED) is 0.501. The molecule has 0 radical (unpaired) electrons. The van der Waals surface area contributed by atoms with Gasteiger partial charge < -0.3 is 16.2 Å². The van der Waals surface area contributed by atoms with Gasteiger partial charge in [0, 0.05) is 11.6 Å². The lowest BCUT2D eigenvalue weighted by molar-refractivity contribution is 0.469. The SMILES string of the molecule is Cc1ccc2c(c1)C(Nc1ncnc(N)c1C(=N)c1cc(O)cc(F)c1)CCC2. The van der Waals surface area contributed by atoms with E-state index in [1.165, 1.54) is 35.2 Å². The van der Waals surface area contributed by atoms with Gasteiger partial charge >= 0.3 is 0 Å². The Kier molecular flexibility index (Phi) is 4.88. The van der Waals surface area contributed by atoms with E-state index >= 15 is 0 Å². The van der Waals surface area contributed by atoms with Gasteiger partial charge in [-0.25, -0.2) is 14.4 Å². The second kappa shape index (κ2) is 7.50. The number of nitrogen functional groups attached to an aromatic ring is 1. The fourth-order valence-corrected chi connectivity index (χ4v) is 3.85. The minimum Gasteiger partial charge on any atom is -0.508 e. The third-order valence-corrected chi connectivity index (χ3v) is 5.22. The van der Waals surface area contributed by atoms with Gasteiger partial charge in [0.15, 0.2) is 0 Å². The van der Waals surface area contributed by atoms with Gasteiger partial charge in [0.25, 0.3) is 0 Å². The van der Waals surface area contributed by atoms with E-state index in [9.17, 15) is 9.50 Å². The summed E-state index contributed by atoms with van der Waals surface area (Å²) in [5.74, 6) is -0.347. The first-order valence-electron chi connectivity index (χ1n) is 9.47. The Morgan fingerprint density at radius 1 is 1.24 bits per heavy atom. The van der Waals surface area contributed by atoms with E-state index in [1.54, 1.807) is 0 Å². The number of hydrogen-bond donors (Lipinski definition) is 4. The Bertz CT molecular complexity index is 1080. The molecule has 2 aromatic carbocycles. The van der Waals surface area contributed by atoms with Crippen LogP contribution in [0.5, 0.6) is 5.75 Å². The van der Waals surface area contributed by atoms with Crippen LogP contribution >= 0.6 is 0 Å². The van der Waals surface area contributed by atoms with Crippen LogP contribution in [0.25, 0.3) is 0 Å². The molecule has 1 unspecified atom stereocenters. The molecule has 0 saturated carbocycles. The van der Waals surface area contributed by atoms with Crippen LogP contribution in [-0.2, 0) is 6.42 Å². The molecule has 1 heterocycles. The zero-order valence-electron chi connectivity index (χ0n) is 16.0. The lowest BCUT2D eigenvalue weighted by Crippen LogP contribution is -2.21. The normalized spacial score (nSPS) is 15.6. The van der Waals surface area contributed by atoms with Crippen molar-refractivity contribution in [1.82, 2.24) is 9.97 Å². The molecule has 0 aliphatic heterocycles. The van der Waals surface area contributed by atoms with E-state index in [0.717, 1.165) is 25.3 Å². The molecule has 7 heteroatoms. The molecular weight excluding hydrogens is 369 g/mol. The summed E-state index contributed by atoms with van der Waals surface area (Å²) in [6.07, 6.45) is 4.34. The molecule has 29 heavy (non-hydrogen) atoms. The van der Waals surface area contributed by atoms with Crippen molar-refractivity contribution in [3.63, 3.8) is 0 Å². The summed E-state index contributed by atoms with van der Waals surface area (Å²) in [7, 11) is 0. The Morgan fingerprint density at radius 2 is 2.07 bits per heavy atom. The number of fused-ring (bicyclic) bond motifs is 1. The average Bonchev–Trinajstić information content (AvgIpc) is 2.67. The minimum absolute atomic E-state index is 0.0282. The molecule has 0 amide bonds. The van der Waals surface area contributed by atoms with E-state index in [2.05, 4.69) is 40.4 Å². The summed E-state index contributed by atoms with van der Waals surface area (Å²) in [6, 6.07) is 9.96. The Balaban J connectivity index is 1.73. The lowest BCUT2D eigenvalue weighted by atomic mass is 9.86. The number of hydrogen-bond acceptors (Lipinski definition) is 6. The molecule has 6 nitrogen and oxygen atoms in total. The van der Waals surface area contributed by atoms with Gasteiger partial charge in [-0.1, -0.05) is 23.8 Å². The van der Waals surface area contributed by atoms with Crippen LogP contribution in [-0.4, -0.2) is 20.8 Å². The number of aryl methyl sites for hydroxylation is 2. The van der Waals surface area contributed by atoms with Crippen molar-refractivity contribution in [2.45, 2.75) is 32.2 Å². The van der Waals surface area contributed by atoms with Crippen LogP contribution in [0.4, 0.5) is 16.0 Å². The molecule has 148 valence electrons. The molecule has 1 aliphatic rings. The highest BCUT2D eigenvalue weighted by atomic mass is 19.1. The van der Waals surface area contributed by atoms with Crippen molar-refractivity contribution in [3.8, 4) is 5.75 Å². The molecule has 1 atom stereocenters. The summed E-state index contributed by atoms with van der Waals surface area (Å²) in [4.78, 5) is 8.33. The fourth-order valence-electron chi connectivity index (χ4n) is 3.85. The van der Waals surface area contributed by atoms with E-state index in [0.29, 0.717) is 5.82 Å². The third kappa shape index (κ3) is 3.76. The predicted molar refractivity (Wildman–Crippen MR) is 111 cm³/mol. The number of aromatic nitrogens is 2. The van der Waals surface area contributed by atoms with Crippen LogP contribution in [0.3, 0.4) is 0 Å². The number of aromatic hydroxyl groups is 1. The maximum absolute atomic E-state index is 13.7. The van der Waals surface area contributed by atoms with Crippen molar-refractivity contribution in [2.24, 2.45) is 0 Å². The molecule has 0 fully saturated rings. The van der Waals surface area contributed by atoms with E-state index < -0.39 is 5.82 Å². The molecular formula is C22H22FN5O. The lowest BCUT2D eigenvalue weighted by Gasteiger charge is -2.28. The molecule has 0 spiro atoms. The summed E-state index contributed by atoms with van der Waals surface area (Å²) in [5, 5.41) is 21.7. The predicted octanol–water partition coefficient (Wildman–Crippen LogP) is 4.12. The zero-order chi connectivity index (χ0) is 20.5. The molecule has 0 bridgehead atoms. The van der Waals surface area contributed by atoms with E-state index in [1.807, 2.05) is 0 Å². The van der Waals surface area contributed by atoms with Crippen molar-refractivity contribution < 1.29 is 9.50 Å². The average molecular weight is 391 g/mol. The number of nitrogens with zero attached hydrogens (tertiary/aromatic N) is 2. The number of anilines is 2. The Labute approximate surface area is 168 Å². The van der Waals surface area contributed by atoms with Crippen molar-refractivity contribution in [3.05, 3.63) is 76.4 Å². The topological polar surface area (TPSA) is 108 Å². The molecule has 3 aromatic rings. The first-order chi connectivity index (χ1) is 13.9. The van der Waals surface area contributed by atoms with Gasteiger partial charge in [-0.15, -0.1) is 0 Å². The number of halogens is 1. The number of benzene rings is 2. The van der Waals surface area contributed by atoms with E-state index in [-0.39, 0.29) is 34.4 Å². The Hall–Kier alpha value is -3.48. The molecule has 4 rings (SSSR count). The summed E-state index contributed by atoms with van der Waals surface area (Å²) in [5.41, 5.74) is 10.2. The van der Waals surface area contributed by atoms with Gasteiger partial charge in [0.2, 0.25) is 0 Å². The highest BCUT2D eigenvalue weighted by molar-refractivity contribution is 6.16. The highest BCUT2D eigenvalue weighted by Crippen LogP contribution is 2.34. The monoisotopic (exact) mass is 391 g/mol. The zero-order valence-corrected chi connectivity index (χ0v) is 16.0. The fraction of sp³-hybridized carbons (Fsp3) is 0.227. The van der Waals surface area contributed by atoms with Gasteiger partial charge in [0.05, 0.1) is 17.3 Å². The van der Waals surface area contributed by atoms with Crippen molar-refractivity contribution in [1.29, 1.82) is 5.41 Å². The van der Waals surface area contributed by atoms with Crippen LogP contribution in [0.1, 0.15) is 46.7 Å². The van der Waals surface area contributed by atoms with Gasteiger partial charge in [-0.05, 0) is 49.4 Å². The van der Waals surface area contributed by atoms with Crippen LogP contribution in [0, 0.1) is 18.2 Å².